The van der Waals surface area contributed by atoms with Gasteiger partial charge < -0.3 is 9.47 Å². The number of hydrogen-bond acceptors (Lipinski definition) is 5. The fourth-order valence-corrected chi connectivity index (χ4v) is 3.08. The van der Waals surface area contributed by atoms with Crippen molar-refractivity contribution < 1.29 is 19.2 Å². The van der Waals surface area contributed by atoms with Crippen LogP contribution in [0.25, 0.3) is 0 Å². The zero-order chi connectivity index (χ0) is 17.1. The van der Waals surface area contributed by atoms with Crippen LogP contribution in [0.2, 0.25) is 0 Å². The summed E-state index contributed by atoms with van der Waals surface area (Å²) < 4.78 is 10.6. The fraction of sp³-hybridized carbons (Fsp3) is 0.278. The Labute approximate surface area is 139 Å². The van der Waals surface area contributed by atoms with Gasteiger partial charge in [0.15, 0.2) is 0 Å². The van der Waals surface area contributed by atoms with Gasteiger partial charge in [-0.3, -0.25) is 14.9 Å². The van der Waals surface area contributed by atoms with Crippen LogP contribution >= 0.6 is 0 Å². The maximum atomic E-state index is 12.4. The molecule has 0 N–H and O–H groups in total. The maximum absolute atomic E-state index is 12.4. The van der Waals surface area contributed by atoms with Crippen molar-refractivity contribution in [3.05, 3.63) is 69.8 Å². The van der Waals surface area contributed by atoms with Gasteiger partial charge in [0.05, 0.1) is 18.9 Å². The molecule has 0 unspecified atom stereocenters. The van der Waals surface area contributed by atoms with E-state index in [2.05, 4.69) is 0 Å². The normalized spacial score (nSPS) is 17.5. The van der Waals surface area contributed by atoms with Crippen molar-refractivity contribution in [1.82, 2.24) is 0 Å². The van der Waals surface area contributed by atoms with Gasteiger partial charge in [0, 0.05) is 4.92 Å². The highest BCUT2D eigenvalue weighted by atomic mass is 16.6. The highest BCUT2D eigenvalue weighted by Gasteiger charge is 2.38. The molecule has 2 aromatic rings. The second kappa shape index (κ2) is 6.70. The minimum Gasteiger partial charge on any atom is -0.497 e. The number of nitro groups is 1. The van der Waals surface area contributed by atoms with Gasteiger partial charge in [-0.1, -0.05) is 30.3 Å². The zero-order valence-corrected chi connectivity index (χ0v) is 13.2. The number of esters is 1. The highest BCUT2D eigenvalue weighted by molar-refractivity contribution is 5.79. The van der Waals surface area contributed by atoms with E-state index in [0.717, 1.165) is 5.56 Å². The summed E-state index contributed by atoms with van der Waals surface area (Å²) in [5.74, 6) is -0.466. The molecule has 1 aliphatic heterocycles. The standard InChI is InChI=1S/C18H17NO5/c1-23-14-7-4-6-12(9-14)16(11-19(21)22)15-10-13-5-2-3-8-17(13)24-18(15)20/h2-9,15-16H,10-11H2,1H3/t15-,16-/m1/s1. The number of benzene rings is 2. The van der Waals surface area contributed by atoms with E-state index >= 15 is 0 Å². The Kier molecular flexibility index (Phi) is 4.46. The molecule has 0 bridgehead atoms. The van der Waals surface area contributed by atoms with E-state index < -0.39 is 22.7 Å². The van der Waals surface area contributed by atoms with Crippen molar-refractivity contribution >= 4 is 5.97 Å². The molecule has 2 aromatic carbocycles. The summed E-state index contributed by atoms with van der Waals surface area (Å²) in [6.07, 6.45) is 0.421. The summed E-state index contributed by atoms with van der Waals surface area (Å²) >= 11 is 0. The minimum absolute atomic E-state index is 0.338. The molecule has 2 atom stereocenters. The van der Waals surface area contributed by atoms with Crippen LogP contribution in [0.15, 0.2) is 48.5 Å². The van der Waals surface area contributed by atoms with Crippen LogP contribution in [-0.4, -0.2) is 24.5 Å². The Morgan fingerprint density at radius 1 is 1.29 bits per heavy atom. The highest BCUT2D eigenvalue weighted by Crippen LogP contribution is 2.36. The molecule has 1 aliphatic rings. The predicted molar refractivity (Wildman–Crippen MR) is 86.9 cm³/mol. The first-order chi connectivity index (χ1) is 11.6. The van der Waals surface area contributed by atoms with Crippen LogP contribution in [0.5, 0.6) is 11.5 Å². The summed E-state index contributed by atoms with van der Waals surface area (Å²) in [5, 5.41) is 11.2. The molecule has 3 rings (SSSR count). The Hall–Kier alpha value is -2.89. The second-order valence-corrected chi connectivity index (χ2v) is 5.74. The van der Waals surface area contributed by atoms with Crippen molar-refractivity contribution in [2.75, 3.05) is 13.7 Å². The summed E-state index contributed by atoms with van der Waals surface area (Å²) in [6, 6.07) is 14.3. The molecule has 124 valence electrons. The lowest BCUT2D eigenvalue weighted by Crippen LogP contribution is -2.35. The second-order valence-electron chi connectivity index (χ2n) is 5.74. The molecule has 1 heterocycles. The van der Waals surface area contributed by atoms with Gasteiger partial charge in [-0.2, -0.15) is 0 Å². The van der Waals surface area contributed by atoms with Crippen LogP contribution < -0.4 is 9.47 Å². The van der Waals surface area contributed by atoms with E-state index in [4.69, 9.17) is 9.47 Å². The van der Waals surface area contributed by atoms with Crippen molar-refractivity contribution in [3.8, 4) is 11.5 Å². The topological polar surface area (TPSA) is 78.7 Å². The molecule has 0 aliphatic carbocycles. The third-order valence-corrected chi connectivity index (χ3v) is 4.28. The van der Waals surface area contributed by atoms with E-state index in [1.165, 1.54) is 7.11 Å². The molecule has 0 radical (unpaired) electrons. The third-order valence-electron chi connectivity index (χ3n) is 4.28. The fourth-order valence-electron chi connectivity index (χ4n) is 3.08. The molecular weight excluding hydrogens is 310 g/mol. The van der Waals surface area contributed by atoms with Gasteiger partial charge in [-0.25, -0.2) is 0 Å². The van der Waals surface area contributed by atoms with Gasteiger partial charge in [0.25, 0.3) is 0 Å². The average Bonchev–Trinajstić information content (AvgIpc) is 2.59. The van der Waals surface area contributed by atoms with Crippen LogP contribution in [0.3, 0.4) is 0 Å². The SMILES string of the molecule is COc1cccc([C@@H](C[N+](=O)[O-])[C@H]2Cc3ccccc3OC2=O)c1. The summed E-state index contributed by atoms with van der Waals surface area (Å²) in [5.41, 5.74) is 1.59. The molecule has 0 fully saturated rings. The molecule has 0 saturated heterocycles. The Bertz CT molecular complexity index is 774. The van der Waals surface area contributed by atoms with Gasteiger partial charge >= 0.3 is 5.97 Å². The van der Waals surface area contributed by atoms with Gasteiger partial charge in [0.2, 0.25) is 6.54 Å². The van der Waals surface area contributed by atoms with Crippen LogP contribution in [0.4, 0.5) is 0 Å². The van der Waals surface area contributed by atoms with E-state index in [0.29, 0.717) is 23.5 Å². The largest absolute Gasteiger partial charge is 0.497 e. The first-order valence-electron chi connectivity index (χ1n) is 7.64. The summed E-state index contributed by atoms with van der Waals surface area (Å²) in [4.78, 5) is 23.2. The van der Waals surface area contributed by atoms with E-state index in [9.17, 15) is 14.9 Å². The lowest BCUT2D eigenvalue weighted by atomic mass is 9.80. The van der Waals surface area contributed by atoms with E-state index in [1.807, 2.05) is 12.1 Å². The van der Waals surface area contributed by atoms with Gasteiger partial charge in [0.1, 0.15) is 11.5 Å². The predicted octanol–water partition coefficient (Wildman–Crippen LogP) is 2.83. The van der Waals surface area contributed by atoms with Gasteiger partial charge in [-0.15, -0.1) is 0 Å². The first-order valence-corrected chi connectivity index (χ1v) is 7.64. The number of nitrogens with zero attached hydrogens (tertiary/aromatic N) is 1. The minimum atomic E-state index is -0.600. The number of methoxy groups -OCH3 is 1. The Morgan fingerprint density at radius 2 is 2.08 bits per heavy atom. The molecule has 0 saturated carbocycles. The maximum Gasteiger partial charge on any atom is 0.315 e. The lowest BCUT2D eigenvalue weighted by molar-refractivity contribution is -0.484. The summed E-state index contributed by atoms with van der Waals surface area (Å²) in [6.45, 7) is -0.338. The van der Waals surface area contributed by atoms with Crippen LogP contribution in [-0.2, 0) is 11.2 Å². The number of para-hydroxylation sites is 1. The molecule has 6 heteroatoms. The lowest BCUT2D eigenvalue weighted by Gasteiger charge is -2.28. The number of fused-ring (bicyclic) bond motifs is 1. The van der Waals surface area contributed by atoms with Crippen molar-refractivity contribution in [3.63, 3.8) is 0 Å². The third kappa shape index (κ3) is 3.22. The van der Waals surface area contributed by atoms with Crippen LogP contribution in [0.1, 0.15) is 17.0 Å². The smallest absolute Gasteiger partial charge is 0.315 e. The number of carbonyl (C=O) groups is 1. The molecule has 0 spiro atoms. The monoisotopic (exact) mass is 327 g/mol. The number of ether oxygens (including phenoxy) is 2. The number of carbonyl (C=O) groups excluding carboxylic acids is 1. The molecule has 0 aromatic heterocycles. The van der Waals surface area contributed by atoms with Crippen LogP contribution in [0, 0.1) is 16.0 Å². The van der Waals surface area contributed by atoms with Gasteiger partial charge in [-0.05, 0) is 35.7 Å². The Morgan fingerprint density at radius 3 is 2.83 bits per heavy atom. The van der Waals surface area contributed by atoms with Crippen molar-refractivity contribution in [2.24, 2.45) is 5.92 Å². The Balaban J connectivity index is 1.97. The molecular formula is C18H17NO5. The van der Waals surface area contributed by atoms with Crippen molar-refractivity contribution in [1.29, 1.82) is 0 Å². The quantitative estimate of drug-likeness (QED) is 0.365. The number of hydrogen-bond donors (Lipinski definition) is 0. The van der Waals surface area contributed by atoms with E-state index in [-0.39, 0.29) is 6.54 Å². The number of rotatable bonds is 5. The molecule has 6 nitrogen and oxygen atoms in total. The molecule has 0 amide bonds. The van der Waals surface area contributed by atoms with Crippen molar-refractivity contribution in [2.45, 2.75) is 12.3 Å². The average molecular weight is 327 g/mol. The first kappa shape index (κ1) is 16.0. The molecule has 24 heavy (non-hydrogen) atoms. The van der Waals surface area contributed by atoms with E-state index in [1.54, 1.807) is 36.4 Å². The zero-order valence-electron chi connectivity index (χ0n) is 13.2. The summed E-state index contributed by atoms with van der Waals surface area (Å²) in [7, 11) is 1.53.